The van der Waals surface area contributed by atoms with Crippen molar-refractivity contribution in [2.24, 2.45) is 0 Å². The van der Waals surface area contributed by atoms with E-state index < -0.39 is 6.04 Å². The van der Waals surface area contributed by atoms with Crippen LogP contribution >= 0.6 is 0 Å². The first-order valence-corrected chi connectivity index (χ1v) is 8.68. The van der Waals surface area contributed by atoms with E-state index in [1.165, 1.54) is 0 Å². The summed E-state index contributed by atoms with van der Waals surface area (Å²) in [6.45, 7) is 0. The second-order valence-corrected chi connectivity index (χ2v) is 6.64. The van der Waals surface area contributed by atoms with E-state index in [2.05, 4.69) is 10.6 Å². The Labute approximate surface area is 152 Å². The smallest absolute Gasteiger partial charge is 0.319 e. The number of hydrogen-bond acceptors (Lipinski definition) is 3. The fraction of sp³-hybridized carbons (Fsp3) is 0.238. The summed E-state index contributed by atoms with van der Waals surface area (Å²) >= 11 is 0. The fourth-order valence-electron chi connectivity index (χ4n) is 3.77. The van der Waals surface area contributed by atoms with Crippen LogP contribution in [0, 0.1) is 0 Å². The van der Waals surface area contributed by atoms with Crippen LogP contribution < -0.4 is 15.4 Å². The van der Waals surface area contributed by atoms with Gasteiger partial charge in [0.25, 0.3) is 0 Å². The van der Waals surface area contributed by atoms with Crippen LogP contribution in [-0.2, 0) is 4.79 Å². The first kappa shape index (κ1) is 16.4. The first-order valence-electron chi connectivity index (χ1n) is 8.68. The Balaban J connectivity index is 1.69. The van der Waals surface area contributed by atoms with Crippen LogP contribution in [0.15, 0.2) is 65.9 Å². The molecule has 0 bridgehead atoms. The molecule has 0 fully saturated rings. The number of Topliss-reactive ketones (excluding diaryl/α,β-unsaturated/α-hetero) is 1. The van der Waals surface area contributed by atoms with Gasteiger partial charge in [0.1, 0.15) is 5.75 Å². The summed E-state index contributed by atoms with van der Waals surface area (Å²) in [5.74, 6) is 0.910. The van der Waals surface area contributed by atoms with E-state index in [1.807, 2.05) is 54.6 Å². The van der Waals surface area contributed by atoms with Gasteiger partial charge in [-0.15, -0.1) is 0 Å². The summed E-state index contributed by atoms with van der Waals surface area (Å²) in [6, 6.07) is 16.7. The Morgan fingerprint density at radius 3 is 2.35 bits per heavy atom. The van der Waals surface area contributed by atoms with Crippen LogP contribution in [0.2, 0.25) is 0 Å². The molecular formula is C21H20N2O3. The summed E-state index contributed by atoms with van der Waals surface area (Å²) in [5.41, 5.74) is 3.41. The molecule has 2 aromatic rings. The Bertz CT molecular complexity index is 872. The number of urea groups is 1. The zero-order chi connectivity index (χ0) is 18.1. The van der Waals surface area contributed by atoms with Crippen LogP contribution in [0.25, 0.3) is 0 Å². The van der Waals surface area contributed by atoms with Gasteiger partial charge in [-0.1, -0.05) is 42.5 Å². The molecule has 4 rings (SSSR count). The number of rotatable bonds is 3. The molecule has 1 aliphatic carbocycles. The highest BCUT2D eigenvalue weighted by Gasteiger charge is 2.37. The van der Waals surface area contributed by atoms with E-state index in [4.69, 9.17) is 4.74 Å². The SMILES string of the molecule is COc1ccc([C@H]2NC(=O)NC3=C2C(=O)C[C@@H](c2ccccc2)C3)cc1. The molecule has 2 N–H and O–H groups in total. The number of hydrogen-bond donors (Lipinski definition) is 2. The number of methoxy groups -OCH3 is 1. The fourth-order valence-corrected chi connectivity index (χ4v) is 3.77. The van der Waals surface area contributed by atoms with Crippen LogP contribution in [0.3, 0.4) is 0 Å². The van der Waals surface area contributed by atoms with Crippen molar-refractivity contribution in [3.8, 4) is 5.75 Å². The van der Waals surface area contributed by atoms with Crippen LogP contribution in [0.1, 0.15) is 35.9 Å². The number of allylic oxidation sites excluding steroid dienone is 1. The van der Waals surface area contributed by atoms with Gasteiger partial charge in [-0.3, -0.25) is 4.79 Å². The zero-order valence-corrected chi connectivity index (χ0v) is 14.5. The lowest BCUT2D eigenvalue weighted by molar-refractivity contribution is -0.116. The van der Waals surface area contributed by atoms with E-state index in [1.54, 1.807) is 7.11 Å². The predicted molar refractivity (Wildman–Crippen MR) is 97.9 cm³/mol. The maximum atomic E-state index is 13.0. The molecular weight excluding hydrogens is 328 g/mol. The normalized spacial score (nSPS) is 22.3. The molecule has 2 amide bonds. The molecule has 0 unspecified atom stereocenters. The van der Waals surface area contributed by atoms with Gasteiger partial charge >= 0.3 is 6.03 Å². The zero-order valence-electron chi connectivity index (χ0n) is 14.5. The van der Waals surface area contributed by atoms with Gasteiger partial charge < -0.3 is 15.4 Å². The lowest BCUT2D eigenvalue weighted by atomic mass is 9.78. The maximum absolute atomic E-state index is 13.0. The highest BCUT2D eigenvalue weighted by molar-refractivity contribution is 6.01. The molecule has 1 heterocycles. The third-order valence-electron chi connectivity index (χ3n) is 5.06. The second kappa shape index (κ2) is 6.67. The minimum absolute atomic E-state index is 0.0772. The van der Waals surface area contributed by atoms with Gasteiger partial charge in [-0.05, 0) is 35.6 Å². The standard InChI is InChI=1S/C21H20N2O3/c1-26-16-9-7-14(8-10-16)20-19-17(22-21(25)23-20)11-15(12-18(19)24)13-5-3-2-4-6-13/h2-10,15,20H,11-12H2,1H3,(H2,22,23,25)/t15-,20+/m0/s1. The maximum Gasteiger partial charge on any atom is 0.319 e. The lowest BCUT2D eigenvalue weighted by Gasteiger charge is -2.35. The van der Waals surface area contributed by atoms with Crippen molar-refractivity contribution in [3.63, 3.8) is 0 Å². The van der Waals surface area contributed by atoms with Crippen molar-refractivity contribution in [1.82, 2.24) is 10.6 Å². The minimum atomic E-state index is -0.422. The van der Waals surface area contributed by atoms with Gasteiger partial charge in [-0.2, -0.15) is 0 Å². The van der Waals surface area contributed by atoms with Crippen LogP contribution in [0.4, 0.5) is 4.79 Å². The monoisotopic (exact) mass is 348 g/mol. The molecule has 0 saturated carbocycles. The second-order valence-electron chi connectivity index (χ2n) is 6.64. The molecule has 0 aromatic heterocycles. The Morgan fingerprint density at radius 1 is 0.923 bits per heavy atom. The highest BCUT2D eigenvalue weighted by atomic mass is 16.5. The molecule has 0 radical (unpaired) electrons. The van der Waals surface area contributed by atoms with Gasteiger partial charge in [0.2, 0.25) is 0 Å². The van der Waals surface area contributed by atoms with E-state index in [-0.39, 0.29) is 17.7 Å². The minimum Gasteiger partial charge on any atom is -0.497 e. The van der Waals surface area contributed by atoms with Crippen LogP contribution in [-0.4, -0.2) is 18.9 Å². The summed E-state index contributed by atoms with van der Waals surface area (Å²) in [4.78, 5) is 25.1. The summed E-state index contributed by atoms with van der Waals surface area (Å²) in [6.07, 6.45) is 1.11. The number of ketones is 1. The van der Waals surface area contributed by atoms with Gasteiger partial charge in [0.15, 0.2) is 5.78 Å². The topological polar surface area (TPSA) is 67.4 Å². The predicted octanol–water partition coefficient (Wildman–Crippen LogP) is 3.45. The molecule has 0 spiro atoms. The molecule has 2 atom stereocenters. The Kier molecular flexibility index (Phi) is 4.21. The number of carbonyl (C=O) groups excluding carboxylic acids is 2. The highest BCUT2D eigenvalue weighted by Crippen LogP contribution is 2.39. The van der Waals surface area contributed by atoms with Crippen molar-refractivity contribution >= 4 is 11.8 Å². The number of benzene rings is 2. The third kappa shape index (κ3) is 2.96. The first-order chi connectivity index (χ1) is 12.7. The average Bonchev–Trinajstić information content (AvgIpc) is 2.67. The van der Waals surface area contributed by atoms with E-state index in [9.17, 15) is 9.59 Å². The van der Waals surface area contributed by atoms with E-state index >= 15 is 0 Å². The average molecular weight is 348 g/mol. The molecule has 132 valence electrons. The molecule has 1 aliphatic heterocycles. The Hall–Kier alpha value is -3.08. The largest absolute Gasteiger partial charge is 0.497 e. The van der Waals surface area contributed by atoms with Crippen LogP contribution in [0.5, 0.6) is 5.75 Å². The molecule has 2 aliphatic rings. The quantitative estimate of drug-likeness (QED) is 0.893. The van der Waals surface area contributed by atoms with Gasteiger partial charge in [0, 0.05) is 17.7 Å². The molecule has 26 heavy (non-hydrogen) atoms. The molecule has 5 heteroatoms. The van der Waals surface area contributed by atoms with E-state index in [0.29, 0.717) is 18.4 Å². The van der Waals surface area contributed by atoms with Crippen molar-refractivity contribution in [1.29, 1.82) is 0 Å². The molecule has 5 nitrogen and oxygen atoms in total. The third-order valence-corrected chi connectivity index (χ3v) is 5.06. The number of carbonyl (C=O) groups is 2. The van der Waals surface area contributed by atoms with Gasteiger partial charge in [-0.25, -0.2) is 4.79 Å². The number of nitrogens with one attached hydrogen (secondary N) is 2. The van der Waals surface area contributed by atoms with Crippen molar-refractivity contribution < 1.29 is 14.3 Å². The molecule has 2 aromatic carbocycles. The van der Waals surface area contributed by atoms with Crippen molar-refractivity contribution in [3.05, 3.63) is 77.0 Å². The number of amides is 2. The van der Waals surface area contributed by atoms with Crippen molar-refractivity contribution in [2.45, 2.75) is 24.8 Å². The molecule has 0 saturated heterocycles. The van der Waals surface area contributed by atoms with Crippen molar-refractivity contribution in [2.75, 3.05) is 7.11 Å². The van der Waals surface area contributed by atoms with E-state index in [0.717, 1.165) is 22.6 Å². The summed E-state index contributed by atoms with van der Waals surface area (Å²) in [7, 11) is 1.61. The Morgan fingerprint density at radius 2 is 1.65 bits per heavy atom. The van der Waals surface area contributed by atoms with Gasteiger partial charge in [0.05, 0.1) is 13.2 Å². The number of ether oxygens (including phenoxy) is 1. The summed E-state index contributed by atoms with van der Waals surface area (Å²) < 4.78 is 5.19. The summed E-state index contributed by atoms with van der Waals surface area (Å²) in [5, 5.41) is 5.74. The lowest BCUT2D eigenvalue weighted by Crippen LogP contribution is -2.47.